The Morgan fingerprint density at radius 3 is 2.71 bits per heavy atom. The van der Waals surface area contributed by atoms with E-state index in [4.69, 9.17) is 14.7 Å². The number of benzene rings is 1. The van der Waals surface area contributed by atoms with E-state index in [-0.39, 0.29) is 6.04 Å². The first-order chi connectivity index (χ1) is 13.7. The largest absolute Gasteiger partial charge is 0.377 e. The van der Waals surface area contributed by atoms with Gasteiger partial charge in [0, 0.05) is 19.3 Å². The van der Waals surface area contributed by atoms with Gasteiger partial charge in [0.1, 0.15) is 5.82 Å². The van der Waals surface area contributed by atoms with E-state index in [2.05, 4.69) is 59.0 Å². The number of fused-ring (bicyclic) bond motifs is 1. The fraction of sp³-hybridized carbons (Fsp3) is 0.409. The first-order valence-corrected chi connectivity index (χ1v) is 10.0. The monoisotopic (exact) mass is 375 g/mol. The van der Waals surface area contributed by atoms with Crippen molar-refractivity contribution in [1.29, 1.82) is 0 Å². The smallest absolute Gasteiger partial charge is 0.229 e. The van der Waals surface area contributed by atoms with Gasteiger partial charge >= 0.3 is 0 Å². The Kier molecular flexibility index (Phi) is 4.36. The standard InChI is InChI=1S/C22H25N5O/c1-15-6-3-4-7-17(15)19-9-11-27(19)21-18-8-5-10-23-20(18)24-22(25-21)26-12-13-28-14-16(26)2/h3-8,10,16,19H,9,11-14H2,1-2H3/t16-,19?/m1/s1. The predicted octanol–water partition coefficient (Wildman–Crippen LogP) is 3.51. The van der Waals surface area contributed by atoms with Crippen LogP contribution in [0.3, 0.4) is 0 Å². The summed E-state index contributed by atoms with van der Waals surface area (Å²) in [6.07, 6.45) is 2.94. The predicted molar refractivity (Wildman–Crippen MR) is 111 cm³/mol. The molecule has 2 saturated heterocycles. The summed E-state index contributed by atoms with van der Waals surface area (Å²) in [5.41, 5.74) is 3.47. The van der Waals surface area contributed by atoms with Gasteiger partial charge in [-0.2, -0.15) is 9.97 Å². The molecule has 0 N–H and O–H groups in total. The molecule has 2 aliphatic heterocycles. The third-order valence-electron chi connectivity index (χ3n) is 5.90. The van der Waals surface area contributed by atoms with Crippen LogP contribution in [0.5, 0.6) is 0 Å². The van der Waals surface area contributed by atoms with Crippen molar-refractivity contribution in [3.63, 3.8) is 0 Å². The van der Waals surface area contributed by atoms with Crippen molar-refractivity contribution >= 4 is 22.8 Å². The number of anilines is 2. The third-order valence-corrected chi connectivity index (χ3v) is 5.90. The van der Waals surface area contributed by atoms with Gasteiger partial charge in [0.2, 0.25) is 5.95 Å². The highest BCUT2D eigenvalue weighted by molar-refractivity contribution is 5.88. The number of aromatic nitrogens is 3. The molecule has 144 valence electrons. The van der Waals surface area contributed by atoms with Crippen molar-refractivity contribution in [2.24, 2.45) is 0 Å². The van der Waals surface area contributed by atoms with Crippen LogP contribution in [0.4, 0.5) is 11.8 Å². The Balaban J connectivity index is 1.59. The maximum Gasteiger partial charge on any atom is 0.229 e. The van der Waals surface area contributed by atoms with Gasteiger partial charge in [0.15, 0.2) is 5.65 Å². The summed E-state index contributed by atoms with van der Waals surface area (Å²) in [5.74, 6) is 1.75. The van der Waals surface area contributed by atoms with Crippen molar-refractivity contribution in [2.75, 3.05) is 36.1 Å². The molecule has 6 heteroatoms. The highest BCUT2D eigenvalue weighted by atomic mass is 16.5. The number of aryl methyl sites for hydroxylation is 1. The number of hydrogen-bond donors (Lipinski definition) is 0. The molecule has 2 aromatic heterocycles. The second kappa shape index (κ2) is 7.02. The second-order valence-corrected chi connectivity index (χ2v) is 7.69. The quantitative estimate of drug-likeness (QED) is 0.698. The van der Waals surface area contributed by atoms with Crippen molar-refractivity contribution in [1.82, 2.24) is 15.0 Å². The average molecular weight is 375 g/mol. The lowest BCUT2D eigenvalue weighted by molar-refractivity contribution is 0.0981. The fourth-order valence-electron chi connectivity index (χ4n) is 4.23. The van der Waals surface area contributed by atoms with Crippen LogP contribution in [0.1, 0.15) is 30.5 Å². The first kappa shape index (κ1) is 17.4. The van der Waals surface area contributed by atoms with Gasteiger partial charge in [-0.05, 0) is 43.5 Å². The molecule has 6 nitrogen and oxygen atoms in total. The van der Waals surface area contributed by atoms with Gasteiger partial charge < -0.3 is 14.5 Å². The zero-order valence-corrected chi connectivity index (χ0v) is 16.4. The van der Waals surface area contributed by atoms with Crippen LogP contribution in [0.25, 0.3) is 11.0 Å². The van der Waals surface area contributed by atoms with Gasteiger partial charge in [0.05, 0.1) is 30.7 Å². The molecule has 2 fully saturated rings. The molecule has 2 aliphatic rings. The van der Waals surface area contributed by atoms with Gasteiger partial charge in [-0.1, -0.05) is 24.3 Å². The minimum Gasteiger partial charge on any atom is -0.377 e. The number of rotatable bonds is 3. The van der Waals surface area contributed by atoms with E-state index >= 15 is 0 Å². The van der Waals surface area contributed by atoms with Crippen LogP contribution in [-0.4, -0.2) is 47.3 Å². The van der Waals surface area contributed by atoms with E-state index in [0.29, 0.717) is 19.3 Å². The van der Waals surface area contributed by atoms with E-state index < -0.39 is 0 Å². The number of hydrogen-bond acceptors (Lipinski definition) is 6. The molecular formula is C22H25N5O. The normalized spacial score (nSPS) is 22.4. The summed E-state index contributed by atoms with van der Waals surface area (Å²) in [6.45, 7) is 7.56. The topological polar surface area (TPSA) is 54.4 Å². The van der Waals surface area contributed by atoms with Gasteiger partial charge in [-0.25, -0.2) is 4.98 Å². The molecule has 2 atom stereocenters. The molecular weight excluding hydrogens is 350 g/mol. The molecule has 1 aromatic carbocycles. The van der Waals surface area contributed by atoms with Crippen LogP contribution < -0.4 is 9.80 Å². The second-order valence-electron chi connectivity index (χ2n) is 7.69. The molecule has 0 saturated carbocycles. The van der Waals surface area contributed by atoms with Crippen LogP contribution in [-0.2, 0) is 4.74 Å². The molecule has 0 spiro atoms. The van der Waals surface area contributed by atoms with E-state index in [1.165, 1.54) is 11.1 Å². The maximum atomic E-state index is 5.60. The Bertz CT molecular complexity index is 1010. The van der Waals surface area contributed by atoms with Crippen molar-refractivity contribution < 1.29 is 4.74 Å². The lowest BCUT2D eigenvalue weighted by atomic mass is 9.91. The molecule has 4 heterocycles. The SMILES string of the molecule is Cc1ccccc1C1CCN1c1nc(N2CCOC[C@H]2C)nc2ncccc12. The average Bonchev–Trinajstić information content (AvgIpc) is 2.69. The first-order valence-electron chi connectivity index (χ1n) is 10.0. The molecule has 5 rings (SSSR count). The summed E-state index contributed by atoms with van der Waals surface area (Å²) >= 11 is 0. The van der Waals surface area contributed by atoms with E-state index in [9.17, 15) is 0 Å². The highest BCUT2D eigenvalue weighted by Gasteiger charge is 2.34. The lowest BCUT2D eigenvalue weighted by Crippen LogP contribution is -2.45. The molecule has 3 aromatic rings. The summed E-state index contributed by atoms with van der Waals surface area (Å²) in [5, 5.41) is 1.02. The van der Waals surface area contributed by atoms with Crippen molar-refractivity contribution in [2.45, 2.75) is 32.4 Å². The summed E-state index contributed by atoms with van der Waals surface area (Å²) in [7, 11) is 0. The van der Waals surface area contributed by atoms with E-state index in [1.807, 2.05) is 6.07 Å². The minimum absolute atomic E-state index is 0.256. The maximum absolute atomic E-state index is 5.60. The van der Waals surface area contributed by atoms with Gasteiger partial charge in [0.25, 0.3) is 0 Å². The number of ether oxygens (including phenoxy) is 1. The van der Waals surface area contributed by atoms with Gasteiger partial charge in [-0.3, -0.25) is 0 Å². The molecule has 1 unspecified atom stereocenters. The van der Waals surface area contributed by atoms with Crippen LogP contribution >= 0.6 is 0 Å². The Hall–Kier alpha value is -2.73. The minimum atomic E-state index is 0.256. The zero-order valence-electron chi connectivity index (χ0n) is 16.4. The van der Waals surface area contributed by atoms with E-state index in [0.717, 1.165) is 42.3 Å². The Morgan fingerprint density at radius 1 is 1.04 bits per heavy atom. The molecule has 0 aliphatic carbocycles. The number of morpholine rings is 1. The molecule has 0 amide bonds. The van der Waals surface area contributed by atoms with Crippen molar-refractivity contribution in [3.05, 3.63) is 53.7 Å². The number of nitrogens with zero attached hydrogens (tertiary/aromatic N) is 5. The lowest BCUT2D eigenvalue weighted by Gasteiger charge is -2.43. The van der Waals surface area contributed by atoms with Crippen LogP contribution in [0, 0.1) is 6.92 Å². The van der Waals surface area contributed by atoms with E-state index in [1.54, 1.807) is 6.20 Å². The van der Waals surface area contributed by atoms with Crippen LogP contribution in [0.15, 0.2) is 42.6 Å². The Labute approximate surface area is 165 Å². The third kappa shape index (κ3) is 2.88. The Morgan fingerprint density at radius 2 is 1.93 bits per heavy atom. The van der Waals surface area contributed by atoms with Gasteiger partial charge in [-0.15, -0.1) is 0 Å². The number of pyridine rings is 1. The molecule has 0 bridgehead atoms. The highest BCUT2D eigenvalue weighted by Crippen LogP contribution is 2.41. The van der Waals surface area contributed by atoms with Crippen LogP contribution in [0.2, 0.25) is 0 Å². The fourth-order valence-corrected chi connectivity index (χ4v) is 4.23. The summed E-state index contributed by atoms with van der Waals surface area (Å²) in [6, 6.07) is 13.3. The zero-order chi connectivity index (χ0) is 19.1. The molecule has 28 heavy (non-hydrogen) atoms. The summed E-state index contributed by atoms with van der Waals surface area (Å²) in [4.78, 5) is 19.0. The molecule has 0 radical (unpaired) electrons. The van der Waals surface area contributed by atoms with Crippen molar-refractivity contribution in [3.8, 4) is 0 Å². The summed E-state index contributed by atoms with van der Waals surface area (Å²) < 4.78 is 5.60.